The second-order valence-corrected chi connectivity index (χ2v) is 7.17. The van der Waals surface area contributed by atoms with Gasteiger partial charge in [-0.3, -0.25) is 0 Å². The number of aromatic nitrogens is 2. The number of benzene rings is 2. The van der Waals surface area contributed by atoms with Gasteiger partial charge < -0.3 is 14.6 Å². The minimum absolute atomic E-state index is 0.284. The topological polar surface area (TPSA) is 41.3 Å². The van der Waals surface area contributed by atoms with Crippen molar-refractivity contribution in [3.05, 3.63) is 59.1 Å². The van der Waals surface area contributed by atoms with E-state index in [0.717, 1.165) is 54.5 Å². The Hall–Kier alpha value is -2.04. The summed E-state index contributed by atoms with van der Waals surface area (Å²) in [6.07, 6.45) is 2.02. The number of halogens is 1. The Kier molecular flexibility index (Phi) is 4.64. The van der Waals surface area contributed by atoms with Crippen molar-refractivity contribution in [3.8, 4) is 0 Å². The summed E-state index contributed by atoms with van der Waals surface area (Å²) in [7, 11) is 0. The number of piperidine rings is 1. The van der Waals surface area contributed by atoms with E-state index >= 15 is 0 Å². The predicted molar refractivity (Wildman–Crippen MR) is 102 cm³/mol. The molecule has 1 saturated heterocycles. The Bertz CT molecular complexity index is 868. The van der Waals surface area contributed by atoms with Crippen molar-refractivity contribution < 1.29 is 5.11 Å². The summed E-state index contributed by atoms with van der Waals surface area (Å²) in [5, 5.41) is 10.1. The summed E-state index contributed by atoms with van der Waals surface area (Å²) in [4.78, 5) is 7.24. The molecule has 0 aliphatic carbocycles. The van der Waals surface area contributed by atoms with Crippen LogP contribution in [-0.2, 0) is 6.54 Å². The lowest BCUT2D eigenvalue weighted by atomic mass is 9.98. The fourth-order valence-corrected chi connectivity index (χ4v) is 3.81. The molecule has 4 nitrogen and oxygen atoms in total. The van der Waals surface area contributed by atoms with Gasteiger partial charge >= 0.3 is 0 Å². The highest BCUT2D eigenvalue weighted by atomic mass is 35.5. The lowest BCUT2D eigenvalue weighted by molar-refractivity contribution is 0.202. The van der Waals surface area contributed by atoms with Crippen LogP contribution >= 0.6 is 11.6 Å². The van der Waals surface area contributed by atoms with Gasteiger partial charge in [0.2, 0.25) is 5.95 Å². The third kappa shape index (κ3) is 3.37. The molecule has 1 aromatic heterocycles. The molecule has 25 heavy (non-hydrogen) atoms. The van der Waals surface area contributed by atoms with Crippen molar-refractivity contribution >= 4 is 28.6 Å². The van der Waals surface area contributed by atoms with E-state index in [9.17, 15) is 5.11 Å². The highest BCUT2D eigenvalue weighted by molar-refractivity contribution is 6.30. The van der Waals surface area contributed by atoms with Crippen molar-refractivity contribution in [2.24, 2.45) is 5.92 Å². The molecule has 1 N–H and O–H groups in total. The number of hydrogen-bond donors (Lipinski definition) is 1. The van der Waals surface area contributed by atoms with E-state index in [2.05, 4.69) is 33.7 Å². The molecule has 0 saturated carbocycles. The average molecular weight is 356 g/mol. The van der Waals surface area contributed by atoms with Crippen LogP contribution in [0, 0.1) is 5.92 Å². The van der Waals surface area contributed by atoms with Crippen molar-refractivity contribution in [2.75, 3.05) is 24.6 Å². The lowest BCUT2D eigenvalue weighted by Crippen LogP contribution is -2.36. The standard InChI is InChI=1S/C20H22ClN3O/c21-17-5-3-4-16(12-17)13-24-19-7-2-1-6-18(19)22-20(24)23-10-8-15(14-25)9-11-23/h1-7,12,15,25H,8-11,13-14H2. The number of aliphatic hydroxyl groups excluding tert-OH is 1. The fourth-order valence-electron chi connectivity index (χ4n) is 3.59. The Morgan fingerprint density at radius 3 is 2.64 bits per heavy atom. The maximum atomic E-state index is 9.39. The Balaban J connectivity index is 1.71. The zero-order chi connectivity index (χ0) is 17.2. The molecule has 2 aromatic carbocycles. The van der Waals surface area contributed by atoms with E-state index in [1.54, 1.807) is 0 Å². The summed E-state index contributed by atoms with van der Waals surface area (Å²) < 4.78 is 2.28. The van der Waals surface area contributed by atoms with Gasteiger partial charge in [0.15, 0.2) is 0 Å². The molecule has 1 aliphatic heterocycles. The molecule has 0 amide bonds. The number of fused-ring (bicyclic) bond motifs is 1. The maximum Gasteiger partial charge on any atom is 0.206 e. The van der Waals surface area contributed by atoms with E-state index in [4.69, 9.17) is 16.6 Å². The van der Waals surface area contributed by atoms with Crippen LogP contribution in [0.2, 0.25) is 5.02 Å². The van der Waals surface area contributed by atoms with Crippen molar-refractivity contribution in [1.82, 2.24) is 9.55 Å². The molecule has 130 valence electrons. The second-order valence-electron chi connectivity index (χ2n) is 6.73. The fraction of sp³-hybridized carbons (Fsp3) is 0.350. The highest BCUT2D eigenvalue weighted by Gasteiger charge is 2.23. The van der Waals surface area contributed by atoms with Gasteiger partial charge in [-0.25, -0.2) is 4.98 Å². The SMILES string of the molecule is OCC1CCN(c2nc3ccccc3n2Cc2cccc(Cl)c2)CC1. The summed E-state index contributed by atoms with van der Waals surface area (Å²) >= 11 is 6.16. The molecule has 0 radical (unpaired) electrons. The maximum absolute atomic E-state index is 9.39. The Morgan fingerprint density at radius 1 is 1.08 bits per heavy atom. The van der Waals surface area contributed by atoms with Crippen molar-refractivity contribution in [1.29, 1.82) is 0 Å². The van der Waals surface area contributed by atoms with Crippen LogP contribution in [0.5, 0.6) is 0 Å². The average Bonchev–Trinajstić information content (AvgIpc) is 3.00. The third-order valence-electron chi connectivity index (χ3n) is 5.02. The van der Waals surface area contributed by atoms with Gasteiger partial charge in [-0.2, -0.15) is 0 Å². The normalized spacial score (nSPS) is 15.8. The smallest absolute Gasteiger partial charge is 0.206 e. The summed E-state index contributed by atoms with van der Waals surface area (Å²) in [5.41, 5.74) is 3.33. The first-order valence-corrected chi connectivity index (χ1v) is 9.18. The minimum atomic E-state index is 0.284. The van der Waals surface area contributed by atoms with Crippen molar-refractivity contribution in [2.45, 2.75) is 19.4 Å². The number of nitrogens with zero attached hydrogens (tertiary/aromatic N) is 3. The van der Waals surface area contributed by atoms with E-state index in [1.165, 1.54) is 5.56 Å². The largest absolute Gasteiger partial charge is 0.396 e. The number of anilines is 1. The van der Waals surface area contributed by atoms with Gasteiger partial charge in [0, 0.05) is 24.7 Å². The second kappa shape index (κ2) is 7.06. The molecular weight excluding hydrogens is 334 g/mol. The van der Waals surface area contributed by atoms with Gasteiger partial charge in [0.25, 0.3) is 0 Å². The molecule has 4 rings (SSSR count). The molecule has 0 atom stereocenters. The molecule has 1 fully saturated rings. The zero-order valence-electron chi connectivity index (χ0n) is 14.1. The first-order chi connectivity index (χ1) is 12.2. The Morgan fingerprint density at radius 2 is 1.88 bits per heavy atom. The van der Waals surface area contributed by atoms with E-state index in [0.29, 0.717) is 5.92 Å². The molecule has 0 unspecified atom stereocenters. The van der Waals surface area contributed by atoms with Gasteiger partial charge in [-0.1, -0.05) is 35.9 Å². The quantitative estimate of drug-likeness (QED) is 0.770. The van der Waals surface area contributed by atoms with E-state index in [-0.39, 0.29) is 6.61 Å². The Labute approximate surface area is 152 Å². The van der Waals surface area contributed by atoms with Crippen LogP contribution < -0.4 is 4.90 Å². The third-order valence-corrected chi connectivity index (χ3v) is 5.25. The summed E-state index contributed by atoms with van der Waals surface area (Å²) in [5.74, 6) is 1.43. The predicted octanol–water partition coefficient (Wildman–Crippen LogP) is 3.95. The minimum Gasteiger partial charge on any atom is -0.396 e. The van der Waals surface area contributed by atoms with Crippen LogP contribution in [0.4, 0.5) is 5.95 Å². The number of imidazole rings is 1. The molecular formula is C20H22ClN3O. The van der Waals surface area contributed by atoms with E-state index < -0.39 is 0 Å². The van der Waals surface area contributed by atoms with Crippen LogP contribution in [0.3, 0.4) is 0 Å². The van der Waals surface area contributed by atoms with Crippen LogP contribution in [0.1, 0.15) is 18.4 Å². The number of hydrogen-bond acceptors (Lipinski definition) is 3. The van der Waals surface area contributed by atoms with Crippen LogP contribution in [-0.4, -0.2) is 34.4 Å². The molecule has 1 aliphatic rings. The van der Waals surface area contributed by atoms with E-state index in [1.807, 2.05) is 24.3 Å². The van der Waals surface area contributed by atoms with Gasteiger partial charge in [0.05, 0.1) is 17.6 Å². The highest BCUT2D eigenvalue weighted by Crippen LogP contribution is 2.28. The van der Waals surface area contributed by atoms with Gasteiger partial charge in [-0.15, -0.1) is 0 Å². The van der Waals surface area contributed by atoms with Crippen LogP contribution in [0.15, 0.2) is 48.5 Å². The van der Waals surface area contributed by atoms with Crippen molar-refractivity contribution in [3.63, 3.8) is 0 Å². The number of aliphatic hydroxyl groups is 1. The van der Waals surface area contributed by atoms with Crippen LogP contribution in [0.25, 0.3) is 11.0 Å². The van der Waals surface area contributed by atoms with Gasteiger partial charge in [0.1, 0.15) is 0 Å². The molecule has 0 bridgehead atoms. The van der Waals surface area contributed by atoms with Gasteiger partial charge in [-0.05, 0) is 48.6 Å². The summed E-state index contributed by atoms with van der Waals surface area (Å²) in [6.45, 7) is 2.90. The first-order valence-electron chi connectivity index (χ1n) is 8.80. The summed E-state index contributed by atoms with van der Waals surface area (Å²) in [6, 6.07) is 16.3. The molecule has 0 spiro atoms. The first kappa shape index (κ1) is 16.4. The molecule has 3 aromatic rings. The molecule has 5 heteroatoms. The number of rotatable bonds is 4. The zero-order valence-corrected chi connectivity index (χ0v) is 14.9. The lowest BCUT2D eigenvalue weighted by Gasteiger charge is -2.32. The monoisotopic (exact) mass is 355 g/mol. The number of para-hydroxylation sites is 2. The molecule has 2 heterocycles.